The van der Waals surface area contributed by atoms with E-state index in [-0.39, 0.29) is 44.5 Å². The minimum Gasteiger partial charge on any atom is -0.481 e. The van der Waals surface area contributed by atoms with Gasteiger partial charge >= 0.3 is 5.97 Å². The Kier molecular flexibility index (Phi) is 41.0. The number of carboxylic acid groups (broad SMARTS) is 1. The van der Waals surface area contributed by atoms with Gasteiger partial charge in [-0.05, 0) is 57.2 Å². The van der Waals surface area contributed by atoms with E-state index in [1.807, 2.05) is 0 Å². The van der Waals surface area contributed by atoms with Gasteiger partial charge in [-0.15, -0.1) is 0 Å². The van der Waals surface area contributed by atoms with Crippen LogP contribution in [0.15, 0.2) is 43.0 Å². The molecule has 120 heavy (non-hydrogen) atoms. The number of H-pyrrole nitrogens is 2. The molecule has 3 saturated heterocycles. The van der Waals surface area contributed by atoms with Crippen molar-refractivity contribution in [1.82, 2.24) is 100 Å². The number of amides is 17. The summed E-state index contributed by atoms with van der Waals surface area (Å²) in [7, 11) is 4.49. The highest BCUT2D eigenvalue weighted by Crippen LogP contribution is 2.28. The number of benzene rings is 1. The number of rotatable bonds is 20. The van der Waals surface area contributed by atoms with Crippen molar-refractivity contribution in [3.63, 3.8) is 0 Å². The van der Waals surface area contributed by atoms with E-state index in [4.69, 9.17) is 34.1 Å². The monoisotopic (exact) mass is 1800 g/mol. The third-order valence-corrected chi connectivity index (χ3v) is 25.3. The summed E-state index contributed by atoms with van der Waals surface area (Å²) >= 11 is 0. The quantitative estimate of drug-likeness (QED) is 0.0216. The van der Waals surface area contributed by atoms with E-state index in [1.54, 1.807) is 24.3 Å². The largest absolute Gasteiger partial charge is 0.481 e. The number of carbonyl (C=O) groups is 18. The molecule has 17 amide bonds. The van der Waals surface area contributed by atoms with E-state index in [0.29, 0.717) is 27.3 Å². The van der Waals surface area contributed by atoms with Crippen LogP contribution < -0.4 is 114 Å². The molecule has 1 aromatic carbocycles. The first kappa shape index (κ1) is 98.4. The predicted octanol–water partition coefficient (Wildman–Crippen LogP) is -11.3. The number of aromatic nitrogens is 3. The molecule has 3 fully saturated rings. The van der Waals surface area contributed by atoms with E-state index in [0.717, 1.165) is 60.9 Å². The molecule has 0 aliphatic carbocycles. The van der Waals surface area contributed by atoms with Crippen molar-refractivity contribution in [3.8, 4) is 0 Å². The summed E-state index contributed by atoms with van der Waals surface area (Å²) in [6.45, 7) is -2.68. The Bertz CT molecular complexity index is 4160. The second kappa shape index (κ2) is 50.0. The lowest BCUT2D eigenvalue weighted by molar-refractivity contribution is -0.141. The summed E-state index contributed by atoms with van der Waals surface area (Å²) in [6.07, 6.45) is 0.323. The third kappa shape index (κ3) is 32.0. The number of carbonyl (C=O) groups excluding carboxylic acids is 17. The first-order valence-corrected chi connectivity index (χ1v) is 44.6. The maximum atomic E-state index is 15.4. The lowest BCUT2D eigenvalue weighted by Crippen LogP contribution is -2.62. The van der Waals surface area contributed by atoms with Crippen LogP contribution in [0.25, 0.3) is 10.9 Å². The molecule has 33 N–H and O–H groups in total. The zero-order valence-electron chi connectivity index (χ0n) is 64.3. The van der Waals surface area contributed by atoms with Gasteiger partial charge in [0.15, 0.2) is 5.96 Å². The first-order chi connectivity index (χ1) is 57.1. The van der Waals surface area contributed by atoms with Crippen LogP contribution in [-0.2, 0) is 99.1 Å². The molecule has 16 atom stereocenters. The van der Waals surface area contributed by atoms with Gasteiger partial charge in [-0.2, -0.15) is 0 Å². The van der Waals surface area contributed by atoms with Crippen LogP contribution in [0.4, 0.5) is 0 Å². The summed E-state index contributed by atoms with van der Waals surface area (Å²) in [5, 5.41) is 88.8. The van der Waals surface area contributed by atoms with Crippen LogP contribution in [0, 0.1) is 5.41 Å². The van der Waals surface area contributed by atoms with Crippen LogP contribution in [-0.4, -0.2) is 312 Å². The number of carboxylic acids is 1. The number of primary amides is 2. The predicted molar refractivity (Wildman–Crippen MR) is 440 cm³/mol. The van der Waals surface area contributed by atoms with Crippen LogP contribution >= 0.6 is 64.8 Å². The molecule has 0 spiro atoms. The number of aliphatic hydroxyl groups is 3. The Labute approximate surface area is 707 Å². The Morgan fingerprint density at radius 2 is 0.875 bits per heavy atom. The van der Waals surface area contributed by atoms with Gasteiger partial charge in [0.25, 0.3) is 0 Å². The lowest BCUT2D eigenvalue weighted by Gasteiger charge is -2.28. The van der Waals surface area contributed by atoms with E-state index >= 15 is 9.59 Å². The number of fused-ring (bicyclic) bond motifs is 17. The molecular formula is C67H99N25O22S6. The number of imidazole rings is 1. The average molecular weight is 1800 g/mol. The highest BCUT2D eigenvalue weighted by molar-refractivity contribution is 8.77. The smallest absolute Gasteiger partial charge is 0.305 e. The fourth-order valence-electron chi connectivity index (χ4n) is 11.4. The Hall–Kier alpha value is -10.4. The number of para-hydroxylation sites is 1. The molecule has 6 rings (SSSR count). The second-order valence-electron chi connectivity index (χ2n) is 27.2. The topological polar surface area (TPSA) is 779 Å². The molecule has 2 aromatic heterocycles. The Balaban J connectivity index is 1.58. The van der Waals surface area contributed by atoms with Gasteiger partial charge in [-0.25, -0.2) is 4.98 Å². The van der Waals surface area contributed by atoms with Crippen molar-refractivity contribution >= 4 is 188 Å². The molecule has 47 nitrogen and oxygen atoms in total. The number of aromatic amines is 2. The summed E-state index contributed by atoms with van der Waals surface area (Å²) < 4.78 is 0. The molecule has 0 saturated carbocycles. The SMILES string of the molecule is C[C@@H]1NC(=O)[C@H](CO)NC(=O)[C@H](Cc2cnc[nH]2)NC(=O)[C@H](CC(=O)O)NC(=O)[C@H](CCCNC(=N)N)NC(=O)[C@@H]2CSSC[C@H](N)C(=O)N[C@H]3CSSC[C@H](NC1=O)C(=O)N[C@H](C(N)=O)CSSC[C@H](NC(=O)[C@@H](CC(N)=O)NC3=O)C(=O)N[C@@H](CO)C(=O)N[C@@H](CO)C(=O)N[C@@H](CCCCN)C(=O)N[C@@H](Cc1c[nH]c3ccccc13)C(=O)N2. The van der Waals surface area contributed by atoms with Crippen molar-refractivity contribution in [2.45, 2.75) is 161 Å². The summed E-state index contributed by atoms with van der Waals surface area (Å²) in [4.78, 5) is 267. The zero-order valence-corrected chi connectivity index (χ0v) is 69.2. The summed E-state index contributed by atoms with van der Waals surface area (Å²) in [5.74, 6) is -26.1. The molecule has 5 heterocycles. The van der Waals surface area contributed by atoms with Crippen molar-refractivity contribution in [2.75, 3.05) is 67.4 Å². The third-order valence-electron chi connectivity index (χ3n) is 18.0. The number of nitrogens with one attached hydrogen (secondary N) is 19. The van der Waals surface area contributed by atoms with Crippen LogP contribution in [0.1, 0.15) is 63.1 Å². The van der Waals surface area contributed by atoms with E-state index in [1.165, 1.54) is 18.7 Å². The van der Waals surface area contributed by atoms with Crippen LogP contribution in [0.2, 0.25) is 0 Å². The van der Waals surface area contributed by atoms with Gasteiger partial charge < -0.3 is 144 Å². The van der Waals surface area contributed by atoms with Gasteiger partial charge in [0, 0.05) is 82.9 Å². The molecule has 0 radical (unpaired) electrons. The summed E-state index contributed by atoms with van der Waals surface area (Å²) in [6, 6.07) is -22.8. The van der Waals surface area contributed by atoms with Crippen molar-refractivity contribution in [1.29, 1.82) is 5.41 Å². The fourth-order valence-corrected chi connectivity index (χ4v) is 18.4. The molecule has 660 valence electrons. The fraction of sp³-hybridized carbons (Fsp3) is 0.552. The molecule has 53 heteroatoms. The van der Waals surface area contributed by atoms with Crippen molar-refractivity contribution in [3.05, 3.63) is 54.2 Å². The van der Waals surface area contributed by atoms with Gasteiger partial charge in [-0.3, -0.25) is 91.7 Å². The molecule has 3 aromatic rings. The summed E-state index contributed by atoms with van der Waals surface area (Å²) in [5.41, 5.74) is 30.4. The molecule has 3 aliphatic rings. The van der Waals surface area contributed by atoms with Crippen LogP contribution in [0.5, 0.6) is 0 Å². The minimum atomic E-state index is -2.14. The zero-order chi connectivity index (χ0) is 88.3. The van der Waals surface area contributed by atoms with Crippen molar-refractivity contribution < 1.29 is 107 Å². The van der Waals surface area contributed by atoms with Crippen LogP contribution in [0.3, 0.4) is 0 Å². The minimum absolute atomic E-state index is 0.0697. The van der Waals surface area contributed by atoms with Gasteiger partial charge in [-0.1, -0.05) is 83.0 Å². The lowest BCUT2D eigenvalue weighted by atomic mass is 10.0. The number of hydrogen-bond donors (Lipinski definition) is 28. The normalized spacial score (nSPS) is 27.2. The second-order valence-corrected chi connectivity index (χ2v) is 34.9. The Morgan fingerprint density at radius 3 is 1.39 bits per heavy atom. The standard InChI is InChI=1S/C67H99N25O22S6/c1-29-52(100)89-45-24-119-120-25-46-64(112)83-39(15-49(70)96)58(106)92-48(27-118-116-23-44(51(71)99)88-66(45)114)65(113)87-43(21-95)62(110)86-42(20-94)61(109)79-35(9-4-5-11-68)54(102)81-37(13-30-17-76-34-8-3-2-7-32(30)34)56(104)91-47(26-117-115-22-33(69)53(101)90-46)63(111)80-36(10-6-12-75-67(72)73)55(103)84-40(16-50(97)98)59(107)82-38(14-31-18-74-28-77-31)57(105)85-41(19-93)60(108)78-29/h2-3,7-8,17-18,28-29,33,35-48,76,93-95H,4-6,9-16,19-27,68-69H2,1H3,(H2,70,96)(H2,71,99)(H,74,77)(H,78,108)(H,79,109)(H,80,111)(H,81,102)(H,82,107)(H,83,112)(H,84,103)(H,85,105)(H,86,110)(H,87,113)(H,88,114)(H,89,100)(H,90,101)(H,91,104)(H,92,106)(H,97,98)(H4,72,73,75)/t29-,33-,35-,36-,37-,38-,39+,40-,41-,42-,43-,44-,45-,46-,47-,48-/m0/s1. The highest BCUT2D eigenvalue weighted by atomic mass is 33.1. The Morgan fingerprint density at radius 1 is 0.467 bits per heavy atom. The van der Waals surface area contributed by atoms with Gasteiger partial charge in [0.2, 0.25) is 100 Å². The number of aliphatic carboxylic acids is 1. The number of aliphatic hydroxyl groups excluding tert-OH is 3. The van der Waals surface area contributed by atoms with Gasteiger partial charge in [0.05, 0.1) is 45.0 Å². The number of nitrogens with two attached hydrogens (primary N) is 5. The molecule has 3 aliphatic heterocycles. The maximum Gasteiger partial charge on any atom is 0.305 e. The van der Waals surface area contributed by atoms with Gasteiger partial charge in [0.1, 0.15) is 90.6 Å². The first-order valence-electron chi connectivity index (χ1n) is 37.1. The molecule has 0 unspecified atom stereocenters. The molecule has 4 bridgehead atoms. The maximum absolute atomic E-state index is 15.4. The highest BCUT2D eigenvalue weighted by Gasteiger charge is 2.40. The number of guanidine groups is 1. The number of unbranched alkanes of at least 4 members (excludes halogenated alkanes) is 1. The van der Waals surface area contributed by atoms with E-state index in [2.05, 4.69) is 100 Å². The number of nitrogens with zero attached hydrogens (tertiary/aromatic N) is 1. The van der Waals surface area contributed by atoms with E-state index < -0.39 is 295 Å². The van der Waals surface area contributed by atoms with Crippen molar-refractivity contribution in [2.24, 2.45) is 28.7 Å². The molecular weight excluding hydrogens is 1700 g/mol. The van der Waals surface area contributed by atoms with E-state index in [9.17, 15) is 97.1 Å². The average Bonchev–Trinajstić information content (AvgIpc) is 1.67. The number of hydrogen-bond acceptors (Lipinski definition) is 31.